The van der Waals surface area contributed by atoms with Gasteiger partial charge in [0.05, 0.1) is 5.25 Å². The zero-order valence-electron chi connectivity index (χ0n) is 16.4. The van der Waals surface area contributed by atoms with E-state index >= 15 is 0 Å². The average molecular weight is 403 g/mol. The lowest BCUT2D eigenvalue weighted by Crippen LogP contribution is -2.23. The maximum Gasteiger partial charge on any atom is 0.237 e. The number of rotatable bonds is 7. The molecule has 1 heterocycles. The van der Waals surface area contributed by atoms with Crippen molar-refractivity contribution in [3.05, 3.63) is 48.1 Å². The van der Waals surface area contributed by atoms with Gasteiger partial charge in [0, 0.05) is 18.2 Å². The first-order chi connectivity index (χ1) is 13.5. The summed E-state index contributed by atoms with van der Waals surface area (Å²) in [6.07, 6.45) is 7.83. The first kappa shape index (κ1) is 20.6. The number of aromatic nitrogens is 3. The van der Waals surface area contributed by atoms with Gasteiger partial charge < -0.3 is 9.88 Å². The van der Waals surface area contributed by atoms with Crippen molar-refractivity contribution < 1.29 is 9.18 Å². The fourth-order valence-electron chi connectivity index (χ4n) is 3.48. The van der Waals surface area contributed by atoms with Gasteiger partial charge in [0.1, 0.15) is 11.6 Å². The Balaban J connectivity index is 1.70. The van der Waals surface area contributed by atoms with Gasteiger partial charge in [0.2, 0.25) is 5.91 Å². The number of carbonyl (C=O) groups excluding carboxylic acids is 1. The highest BCUT2D eigenvalue weighted by atomic mass is 32.2. The molecule has 1 aliphatic carbocycles. The van der Waals surface area contributed by atoms with E-state index in [9.17, 15) is 9.18 Å². The summed E-state index contributed by atoms with van der Waals surface area (Å²) in [5.74, 6) is 0.895. The molecule has 1 atom stereocenters. The predicted octanol–water partition coefficient (Wildman–Crippen LogP) is 5.08. The van der Waals surface area contributed by atoms with Crippen LogP contribution in [0.5, 0.6) is 0 Å². The molecule has 0 spiro atoms. The Hall–Kier alpha value is -2.15. The van der Waals surface area contributed by atoms with Crippen LogP contribution in [-0.4, -0.2) is 25.9 Å². The Labute approximate surface area is 169 Å². The van der Waals surface area contributed by atoms with E-state index in [4.69, 9.17) is 0 Å². The monoisotopic (exact) mass is 402 g/mol. The maximum absolute atomic E-state index is 13.7. The Morgan fingerprint density at radius 3 is 2.82 bits per heavy atom. The molecular weight excluding hydrogens is 375 g/mol. The van der Waals surface area contributed by atoms with Crippen molar-refractivity contribution in [3.8, 4) is 0 Å². The number of halogens is 1. The third-order valence-corrected chi connectivity index (χ3v) is 6.20. The van der Waals surface area contributed by atoms with E-state index in [1.807, 2.05) is 13.0 Å². The van der Waals surface area contributed by atoms with Crippen molar-refractivity contribution in [2.24, 2.45) is 0 Å². The summed E-state index contributed by atoms with van der Waals surface area (Å²) in [5, 5.41) is 11.9. The lowest BCUT2D eigenvalue weighted by molar-refractivity contribution is -0.115. The zero-order valence-corrected chi connectivity index (χ0v) is 17.3. The number of aryl methyl sites for hydroxylation is 1. The molecule has 1 amide bonds. The Bertz CT molecular complexity index is 845. The number of amides is 1. The van der Waals surface area contributed by atoms with Gasteiger partial charge in [-0.05, 0) is 44.4 Å². The van der Waals surface area contributed by atoms with Crippen LogP contribution < -0.4 is 5.32 Å². The Kier molecular flexibility index (Phi) is 6.88. The summed E-state index contributed by atoms with van der Waals surface area (Å²) in [6, 6.07) is 4.70. The average Bonchev–Trinajstić information content (AvgIpc) is 3.08. The minimum absolute atomic E-state index is 0.194. The van der Waals surface area contributed by atoms with Crippen molar-refractivity contribution in [3.63, 3.8) is 0 Å². The number of nitrogens with one attached hydrogen (secondary N) is 1. The molecule has 28 heavy (non-hydrogen) atoms. The number of benzene rings is 1. The molecule has 2 aromatic rings. The Morgan fingerprint density at radius 2 is 2.14 bits per heavy atom. The van der Waals surface area contributed by atoms with Gasteiger partial charge in [-0.1, -0.05) is 43.2 Å². The molecule has 1 saturated carbocycles. The topological polar surface area (TPSA) is 59.8 Å². The fraction of sp³-hybridized carbons (Fsp3) is 0.476. The van der Waals surface area contributed by atoms with Crippen molar-refractivity contribution in [1.82, 2.24) is 14.8 Å². The van der Waals surface area contributed by atoms with Gasteiger partial charge in [-0.25, -0.2) is 4.39 Å². The van der Waals surface area contributed by atoms with E-state index in [0.717, 1.165) is 23.8 Å². The minimum atomic E-state index is -0.392. The number of carbonyl (C=O) groups is 1. The highest BCUT2D eigenvalue weighted by Crippen LogP contribution is 2.34. The zero-order chi connectivity index (χ0) is 20.1. The third-order valence-electron chi connectivity index (χ3n) is 5.12. The van der Waals surface area contributed by atoms with Crippen LogP contribution in [0, 0.1) is 12.7 Å². The van der Waals surface area contributed by atoms with Crippen LogP contribution in [0.4, 0.5) is 10.1 Å². The summed E-state index contributed by atoms with van der Waals surface area (Å²) in [4.78, 5) is 12.6. The summed E-state index contributed by atoms with van der Waals surface area (Å²) >= 11 is 1.37. The molecule has 0 bridgehead atoms. The quantitative estimate of drug-likeness (QED) is 0.518. The van der Waals surface area contributed by atoms with Crippen LogP contribution in [0.25, 0.3) is 0 Å². The molecule has 7 heteroatoms. The van der Waals surface area contributed by atoms with Crippen molar-refractivity contribution in [2.75, 3.05) is 5.32 Å². The first-order valence-electron chi connectivity index (χ1n) is 9.77. The number of nitrogens with zero attached hydrogens (tertiary/aromatic N) is 3. The van der Waals surface area contributed by atoms with E-state index in [2.05, 4.69) is 26.7 Å². The molecule has 5 nitrogen and oxygen atoms in total. The van der Waals surface area contributed by atoms with Gasteiger partial charge in [0.25, 0.3) is 0 Å². The Morgan fingerprint density at radius 1 is 1.39 bits per heavy atom. The molecule has 0 unspecified atom stereocenters. The smallest absolute Gasteiger partial charge is 0.237 e. The molecule has 1 N–H and O–H groups in total. The molecule has 1 fully saturated rings. The lowest BCUT2D eigenvalue weighted by Gasteiger charge is -2.21. The van der Waals surface area contributed by atoms with E-state index < -0.39 is 5.25 Å². The van der Waals surface area contributed by atoms with Gasteiger partial charge in [0.15, 0.2) is 5.16 Å². The summed E-state index contributed by atoms with van der Waals surface area (Å²) < 4.78 is 15.8. The second-order valence-electron chi connectivity index (χ2n) is 7.29. The summed E-state index contributed by atoms with van der Waals surface area (Å²) in [5.41, 5.74) is 1.00. The number of hydrogen-bond donors (Lipinski definition) is 1. The molecular formula is C21H27FN4OS. The number of thioether (sulfide) groups is 1. The number of hydrogen-bond acceptors (Lipinski definition) is 4. The van der Waals surface area contributed by atoms with Crippen LogP contribution in [0.15, 0.2) is 36.0 Å². The van der Waals surface area contributed by atoms with Gasteiger partial charge in [-0.2, -0.15) is 0 Å². The molecule has 150 valence electrons. The highest BCUT2D eigenvalue weighted by Gasteiger charge is 2.25. The van der Waals surface area contributed by atoms with E-state index in [0.29, 0.717) is 23.7 Å². The predicted molar refractivity (Wildman–Crippen MR) is 111 cm³/mol. The standard InChI is InChI=1S/C21H27FN4OS/c1-4-12-26-19(16-8-6-5-7-9-16)24-25-21(26)28-15(3)20(27)23-17-11-10-14(2)18(22)13-17/h4,10-11,13,15-16H,1,5-9,12H2,2-3H3,(H,23,27)/t15-/m0/s1. The fourth-order valence-corrected chi connectivity index (χ4v) is 4.34. The maximum atomic E-state index is 13.7. The second kappa shape index (κ2) is 9.37. The van der Waals surface area contributed by atoms with E-state index in [1.54, 1.807) is 19.1 Å². The van der Waals surface area contributed by atoms with Crippen molar-refractivity contribution in [1.29, 1.82) is 0 Å². The normalized spacial score (nSPS) is 16.0. The second-order valence-corrected chi connectivity index (χ2v) is 8.60. The molecule has 1 aromatic carbocycles. The number of anilines is 1. The van der Waals surface area contributed by atoms with E-state index in [-0.39, 0.29) is 11.7 Å². The molecule has 1 aliphatic rings. The molecule has 0 aliphatic heterocycles. The SMILES string of the molecule is C=CCn1c(S[C@@H](C)C(=O)Nc2ccc(C)c(F)c2)nnc1C1CCCCC1. The molecule has 0 saturated heterocycles. The summed E-state index contributed by atoms with van der Waals surface area (Å²) in [6.45, 7) is 7.98. The highest BCUT2D eigenvalue weighted by molar-refractivity contribution is 8.00. The van der Waals surface area contributed by atoms with Crippen LogP contribution in [0.3, 0.4) is 0 Å². The van der Waals surface area contributed by atoms with Crippen LogP contribution in [0.1, 0.15) is 56.3 Å². The third kappa shape index (κ3) is 4.82. The minimum Gasteiger partial charge on any atom is -0.325 e. The van der Waals surface area contributed by atoms with Crippen molar-refractivity contribution in [2.45, 2.75) is 68.8 Å². The van der Waals surface area contributed by atoms with Gasteiger partial charge in [-0.3, -0.25) is 4.79 Å². The van der Waals surface area contributed by atoms with Gasteiger partial charge in [-0.15, -0.1) is 16.8 Å². The first-order valence-corrected chi connectivity index (χ1v) is 10.6. The largest absolute Gasteiger partial charge is 0.325 e. The van der Waals surface area contributed by atoms with Crippen LogP contribution in [-0.2, 0) is 11.3 Å². The van der Waals surface area contributed by atoms with E-state index in [1.165, 1.54) is 37.1 Å². The number of allylic oxidation sites excluding steroid dienone is 1. The van der Waals surface area contributed by atoms with Gasteiger partial charge >= 0.3 is 0 Å². The van der Waals surface area contributed by atoms with Crippen molar-refractivity contribution >= 4 is 23.4 Å². The molecule has 0 radical (unpaired) electrons. The van der Waals surface area contributed by atoms with Crippen LogP contribution in [0.2, 0.25) is 0 Å². The lowest BCUT2D eigenvalue weighted by atomic mass is 9.89. The van der Waals surface area contributed by atoms with Crippen LogP contribution >= 0.6 is 11.8 Å². The summed E-state index contributed by atoms with van der Waals surface area (Å²) in [7, 11) is 0. The molecule has 1 aromatic heterocycles. The molecule has 3 rings (SSSR count).